The van der Waals surface area contributed by atoms with Gasteiger partial charge in [-0.3, -0.25) is 4.79 Å². The van der Waals surface area contributed by atoms with E-state index in [2.05, 4.69) is 5.32 Å². The number of ether oxygens (including phenoxy) is 1. The van der Waals surface area contributed by atoms with Gasteiger partial charge in [-0.05, 0) is 44.9 Å². The molecule has 1 amide bonds. The van der Waals surface area contributed by atoms with Gasteiger partial charge in [-0.15, -0.1) is 0 Å². The van der Waals surface area contributed by atoms with Crippen molar-refractivity contribution >= 4 is 27.3 Å². The van der Waals surface area contributed by atoms with Gasteiger partial charge >= 0.3 is 0 Å². The molecule has 3 rings (SSSR count). The van der Waals surface area contributed by atoms with E-state index in [0.29, 0.717) is 43.9 Å². The lowest BCUT2D eigenvalue weighted by Gasteiger charge is -2.37. The molecule has 7 nitrogen and oxygen atoms in total. The average Bonchev–Trinajstić information content (AvgIpc) is 3.04. The summed E-state index contributed by atoms with van der Waals surface area (Å²) in [6.07, 6.45) is 2.21. The lowest BCUT2D eigenvalue weighted by atomic mass is 10.1. The molecule has 1 N–H and O–H groups in total. The van der Waals surface area contributed by atoms with Crippen LogP contribution in [0.2, 0.25) is 0 Å². The highest BCUT2D eigenvalue weighted by Gasteiger charge is 2.36. The SMILES string of the molecule is CC1CN(c2ccc(NC(=O)C3CCCN3S(C)(=O)=O)cc2F)CC(C)O1. The first-order valence-electron chi connectivity index (χ1n) is 9.13. The molecule has 2 aliphatic heterocycles. The fraction of sp³-hybridized carbons (Fsp3) is 0.611. The van der Waals surface area contributed by atoms with E-state index in [1.54, 1.807) is 12.1 Å². The van der Waals surface area contributed by atoms with Gasteiger partial charge in [-0.1, -0.05) is 0 Å². The third-order valence-corrected chi connectivity index (χ3v) is 6.20. The van der Waals surface area contributed by atoms with Crippen molar-refractivity contribution in [1.29, 1.82) is 0 Å². The Bertz CT molecular complexity index is 807. The first-order valence-corrected chi connectivity index (χ1v) is 11.0. The first kappa shape index (κ1) is 20.0. The number of nitrogens with zero attached hydrogens (tertiary/aromatic N) is 2. The number of morpholine rings is 1. The Kier molecular flexibility index (Phi) is 5.73. The Hall–Kier alpha value is -1.71. The van der Waals surface area contributed by atoms with Crippen molar-refractivity contribution in [2.24, 2.45) is 0 Å². The van der Waals surface area contributed by atoms with Gasteiger partial charge in [0.2, 0.25) is 15.9 Å². The molecule has 2 heterocycles. The molecule has 27 heavy (non-hydrogen) atoms. The standard InChI is InChI=1S/C18H26FN3O4S/c1-12-10-21(11-13(2)26-12)16-7-6-14(9-15(16)19)20-18(23)17-5-4-8-22(17)27(3,24)25/h6-7,9,12-13,17H,4-5,8,10-11H2,1-3H3,(H,20,23). The molecule has 3 unspecified atom stereocenters. The van der Waals surface area contributed by atoms with Crippen molar-refractivity contribution in [2.45, 2.75) is 44.9 Å². The fourth-order valence-electron chi connectivity index (χ4n) is 3.84. The molecule has 150 valence electrons. The highest BCUT2D eigenvalue weighted by atomic mass is 32.2. The lowest BCUT2D eigenvalue weighted by Crippen LogP contribution is -2.45. The minimum atomic E-state index is -3.45. The van der Waals surface area contributed by atoms with E-state index < -0.39 is 27.8 Å². The van der Waals surface area contributed by atoms with Crippen LogP contribution < -0.4 is 10.2 Å². The molecule has 3 atom stereocenters. The second kappa shape index (κ2) is 7.73. The monoisotopic (exact) mass is 399 g/mol. The van der Waals surface area contributed by atoms with Crippen molar-refractivity contribution < 1.29 is 22.3 Å². The zero-order valence-corrected chi connectivity index (χ0v) is 16.6. The molecule has 9 heteroatoms. The Morgan fingerprint density at radius 3 is 2.52 bits per heavy atom. The van der Waals surface area contributed by atoms with Gasteiger partial charge < -0.3 is 15.0 Å². The van der Waals surface area contributed by atoms with Crippen LogP contribution in [0, 0.1) is 5.82 Å². The number of benzene rings is 1. The summed E-state index contributed by atoms with van der Waals surface area (Å²) >= 11 is 0. The van der Waals surface area contributed by atoms with Crippen molar-refractivity contribution in [2.75, 3.05) is 36.1 Å². The molecule has 2 fully saturated rings. The van der Waals surface area contributed by atoms with Crippen LogP contribution >= 0.6 is 0 Å². The number of carbonyl (C=O) groups excluding carboxylic acids is 1. The van der Waals surface area contributed by atoms with Crippen LogP contribution in [0.3, 0.4) is 0 Å². The molecule has 0 saturated carbocycles. The molecule has 1 aromatic rings. The topological polar surface area (TPSA) is 79.0 Å². The van der Waals surface area contributed by atoms with Crippen molar-refractivity contribution in [1.82, 2.24) is 4.31 Å². The molecular formula is C18H26FN3O4S. The summed E-state index contributed by atoms with van der Waals surface area (Å²) in [5, 5.41) is 2.65. The normalized spacial score (nSPS) is 27.0. The zero-order chi connectivity index (χ0) is 19.8. The molecule has 0 radical (unpaired) electrons. The van der Waals surface area contributed by atoms with E-state index in [0.717, 1.165) is 6.26 Å². The van der Waals surface area contributed by atoms with Gasteiger partial charge in [0.25, 0.3) is 0 Å². The van der Waals surface area contributed by atoms with E-state index in [-0.39, 0.29) is 12.2 Å². The molecule has 0 bridgehead atoms. The van der Waals surface area contributed by atoms with Gasteiger partial charge in [-0.25, -0.2) is 12.8 Å². The van der Waals surface area contributed by atoms with Gasteiger partial charge in [0.15, 0.2) is 0 Å². The number of carbonyl (C=O) groups is 1. The first-order chi connectivity index (χ1) is 12.6. The van der Waals surface area contributed by atoms with Gasteiger partial charge in [0.05, 0.1) is 24.2 Å². The van der Waals surface area contributed by atoms with Crippen LogP contribution in [-0.4, -0.2) is 62.8 Å². The molecule has 0 aromatic heterocycles. The predicted octanol–water partition coefficient (Wildman–Crippen LogP) is 1.80. The lowest BCUT2D eigenvalue weighted by molar-refractivity contribution is -0.119. The number of amides is 1. The van der Waals surface area contributed by atoms with Crippen LogP contribution in [0.1, 0.15) is 26.7 Å². The molecular weight excluding hydrogens is 373 g/mol. The Morgan fingerprint density at radius 1 is 1.26 bits per heavy atom. The fourth-order valence-corrected chi connectivity index (χ4v) is 4.96. The molecule has 2 saturated heterocycles. The van der Waals surface area contributed by atoms with Gasteiger partial charge in [0, 0.05) is 25.3 Å². The zero-order valence-electron chi connectivity index (χ0n) is 15.8. The van der Waals surface area contributed by atoms with E-state index in [4.69, 9.17) is 4.74 Å². The van der Waals surface area contributed by atoms with Crippen LogP contribution in [0.5, 0.6) is 0 Å². The summed E-state index contributed by atoms with van der Waals surface area (Å²) in [7, 11) is -3.45. The highest BCUT2D eigenvalue weighted by molar-refractivity contribution is 7.88. The maximum Gasteiger partial charge on any atom is 0.242 e. The molecule has 1 aromatic carbocycles. The van der Waals surface area contributed by atoms with Gasteiger partial charge in [0.1, 0.15) is 11.9 Å². The summed E-state index contributed by atoms with van der Waals surface area (Å²) in [5.74, 6) is -0.862. The van der Waals surface area contributed by atoms with E-state index >= 15 is 0 Å². The molecule has 2 aliphatic rings. The number of hydrogen-bond acceptors (Lipinski definition) is 5. The maximum atomic E-state index is 14.6. The Labute approximate surface area is 159 Å². The Balaban J connectivity index is 1.71. The third-order valence-electron chi connectivity index (χ3n) is 4.91. The summed E-state index contributed by atoms with van der Waals surface area (Å²) in [4.78, 5) is 14.4. The number of hydrogen-bond donors (Lipinski definition) is 1. The van der Waals surface area contributed by atoms with Crippen LogP contribution in [0.4, 0.5) is 15.8 Å². The third kappa shape index (κ3) is 4.59. The number of sulfonamides is 1. The van der Waals surface area contributed by atoms with E-state index in [1.165, 1.54) is 10.4 Å². The predicted molar refractivity (Wildman–Crippen MR) is 102 cm³/mol. The van der Waals surface area contributed by atoms with Crippen LogP contribution in [0.25, 0.3) is 0 Å². The Morgan fingerprint density at radius 2 is 1.93 bits per heavy atom. The van der Waals surface area contributed by atoms with Crippen molar-refractivity contribution in [3.05, 3.63) is 24.0 Å². The summed E-state index contributed by atoms with van der Waals surface area (Å²) in [6.45, 7) is 5.42. The van der Waals surface area contributed by atoms with Gasteiger partial charge in [-0.2, -0.15) is 4.31 Å². The highest BCUT2D eigenvalue weighted by Crippen LogP contribution is 2.27. The maximum absolute atomic E-state index is 14.6. The van der Waals surface area contributed by atoms with Crippen LogP contribution in [0.15, 0.2) is 18.2 Å². The summed E-state index contributed by atoms with van der Waals surface area (Å²) in [5.41, 5.74) is 0.782. The van der Waals surface area contributed by atoms with Crippen molar-refractivity contribution in [3.8, 4) is 0 Å². The number of anilines is 2. The number of rotatable bonds is 4. The smallest absolute Gasteiger partial charge is 0.242 e. The minimum Gasteiger partial charge on any atom is -0.372 e. The number of nitrogens with one attached hydrogen (secondary N) is 1. The second-order valence-corrected chi connectivity index (χ2v) is 9.28. The van der Waals surface area contributed by atoms with E-state index in [9.17, 15) is 17.6 Å². The second-order valence-electron chi connectivity index (χ2n) is 7.35. The summed E-state index contributed by atoms with van der Waals surface area (Å²) < 4.78 is 45.1. The average molecular weight is 399 g/mol. The summed E-state index contributed by atoms with van der Waals surface area (Å²) in [6, 6.07) is 3.81. The van der Waals surface area contributed by atoms with Crippen molar-refractivity contribution in [3.63, 3.8) is 0 Å². The van der Waals surface area contributed by atoms with E-state index in [1.807, 2.05) is 18.7 Å². The minimum absolute atomic E-state index is 0.0110. The molecule has 0 spiro atoms. The number of halogens is 1. The van der Waals surface area contributed by atoms with Crippen LogP contribution in [-0.2, 0) is 19.6 Å². The largest absolute Gasteiger partial charge is 0.372 e. The quantitative estimate of drug-likeness (QED) is 0.835. The molecule has 0 aliphatic carbocycles.